The van der Waals surface area contributed by atoms with Crippen molar-refractivity contribution in [3.63, 3.8) is 0 Å². The van der Waals surface area contributed by atoms with Crippen LogP contribution in [0.4, 0.5) is 4.39 Å². The Morgan fingerprint density at radius 1 is 1.28 bits per heavy atom. The van der Waals surface area contributed by atoms with Crippen molar-refractivity contribution in [2.24, 2.45) is 5.92 Å². The van der Waals surface area contributed by atoms with Gasteiger partial charge in [-0.2, -0.15) is 0 Å². The molecule has 0 amide bonds. The third-order valence-corrected chi connectivity index (χ3v) is 6.38. The molecule has 5 rings (SSSR count). The molecule has 1 unspecified atom stereocenters. The van der Waals surface area contributed by atoms with Gasteiger partial charge in [0.2, 0.25) is 0 Å². The molecular formula is C23H21FN2O3. The van der Waals surface area contributed by atoms with Crippen LogP contribution >= 0.6 is 0 Å². The van der Waals surface area contributed by atoms with Crippen molar-refractivity contribution >= 4 is 28.9 Å². The number of rotatable bonds is 2. The minimum absolute atomic E-state index is 0.0110. The lowest BCUT2D eigenvalue weighted by Crippen LogP contribution is -2.25. The summed E-state index contributed by atoms with van der Waals surface area (Å²) in [5.74, 6) is -1.09. The minimum Gasteiger partial charge on any atom is -0.460 e. The van der Waals surface area contributed by atoms with Crippen molar-refractivity contribution in [1.29, 1.82) is 0 Å². The van der Waals surface area contributed by atoms with E-state index >= 15 is 0 Å². The van der Waals surface area contributed by atoms with E-state index in [2.05, 4.69) is 5.32 Å². The Labute approximate surface area is 167 Å². The zero-order valence-electron chi connectivity index (χ0n) is 16.4. The topological polar surface area (TPSA) is 68.3 Å². The number of nitrogens with one attached hydrogen (secondary N) is 1. The Morgan fingerprint density at radius 3 is 2.86 bits per heavy atom. The van der Waals surface area contributed by atoms with Crippen LogP contribution in [0.5, 0.6) is 0 Å². The van der Waals surface area contributed by atoms with Gasteiger partial charge < -0.3 is 10.1 Å². The molecule has 29 heavy (non-hydrogen) atoms. The van der Waals surface area contributed by atoms with E-state index in [9.17, 15) is 14.0 Å². The van der Waals surface area contributed by atoms with Gasteiger partial charge >= 0.3 is 5.97 Å². The van der Waals surface area contributed by atoms with E-state index in [1.807, 2.05) is 13.0 Å². The first-order chi connectivity index (χ1) is 14.0. The van der Waals surface area contributed by atoms with Crippen molar-refractivity contribution in [1.82, 2.24) is 10.3 Å². The van der Waals surface area contributed by atoms with Crippen LogP contribution in [0.15, 0.2) is 23.3 Å². The molecule has 1 aromatic heterocycles. The quantitative estimate of drug-likeness (QED) is 0.627. The van der Waals surface area contributed by atoms with E-state index < -0.39 is 5.92 Å². The number of nitrogens with zero attached hydrogens (tertiary/aromatic N) is 1. The lowest BCUT2D eigenvalue weighted by molar-refractivity contribution is -0.146. The Kier molecular flexibility index (Phi) is 4.05. The number of carbonyl (C=O) groups is 2. The second-order valence-corrected chi connectivity index (χ2v) is 7.97. The Balaban J connectivity index is 1.72. The number of pyridine rings is 1. The lowest BCUT2D eigenvalue weighted by Gasteiger charge is -2.22. The molecule has 2 aromatic rings. The van der Waals surface area contributed by atoms with Crippen molar-refractivity contribution in [2.75, 3.05) is 6.61 Å². The smallest absolute Gasteiger partial charge is 0.313 e. The van der Waals surface area contributed by atoms with Gasteiger partial charge in [-0.3, -0.25) is 9.59 Å². The van der Waals surface area contributed by atoms with Crippen LogP contribution in [0.25, 0.3) is 16.6 Å². The van der Waals surface area contributed by atoms with Gasteiger partial charge in [-0.1, -0.05) is 0 Å². The van der Waals surface area contributed by atoms with Crippen molar-refractivity contribution in [3.8, 4) is 0 Å². The summed E-state index contributed by atoms with van der Waals surface area (Å²) in [4.78, 5) is 28.3. The molecule has 1 atom stereocenters. The summed E-state index contributed by atoms with van der Waals surface area (Å²) in [5, 5.41) is 4.47. The summed E-state index contributed by atoms with van der Waals surface area (Å²) in [6.07, 6.45) is 5.39. The highest BCUT2D eigenvalue weighted by atomic mass is 19.1. The largest absolute Gasteiger partial charge is 0.460 e. The highest BCUT2D eigenvalue weighted by molar-refractivity contribution is 5.93. The Bertz CT molecular complexity index is 1160. The van der Waals surface area contributed by atoms with Gasteiger partial charge in [0.25, 0.3) is 0 Å². The second kappa shape index (κ2) is 6.51. The zero-order valence-corrected chi connectivity index (χ0v) is 16.4. The van der Waals surface area contributed by atoms with E-state index in [1.165, 1.54) is 11.6 Å². The van der Waals surface area contributed by atoms with Gasteiger partial charge in [0.1, 0.15) is 18.7 Å². The van der Waals surface area contributed by atoms with E-state index in [0.29, 0.717) is 23.2 Å². The predicted molar refractivity (Wildman–Crippen MR) is 106 cm³/mol. The standard InChI is InChI=1S/C23H21FN2O3/c1-11-14-4-3-5-15-17-8-25-20(22(17)26-19(21(14)15)7-18(11)24)6-16-12(2)23(28)29-10-13(16)9-27/h6-7,9,12,25H,3-5,8,10H2,1-2H3/b20-6-. The summed E-state index contributed by atoms with van der Waals surface area (Å²) in [7, 11) is 0. The third-order valence-electron chi connectivity index (χ3n) is 6.38. The fourth-order valence-corrected chi connectivity index (χ4v) is 4.76. The minimum atomic E-state index is -0.521. The Morgan fingerprint density at radius 2 is 2.07 bits per heavy atom. The highest BCUT2D eigenvalue weighted by Gasteiger charge is 2.31. The van der Waals surface area contributed by atoms with Crippen molar-refractivity contribution in [2.45, 2.75) is 39.7 Å². The van der Waals surface area contributed by atoms with Crippen LogP contribution in [0, 0.1) is 18.7 Å². The molecule has 0 spiro atoms. The number of ether oxygens (including phenoxy) is 1. The van der Waals surface area contributed by atoms with Gasteiger partial charge in [0.05, 0.1) is 22.8 Å². The molecule has 3 heterocycles. The summed E-state index contributed by atoms with van der Waals surface area (Å²) in [6, 6.07) is 1.52. The maximum atomic E-state index is 14.5. The molecule has 0 bridgehead atoms. The molecule has 3 aliphatic rings. The number of fused-ring (bicyclic) bond motifs is 2. The molecule has 0 saturated carbocycles. The number of benzene rings is 1. The number of carbonyl (C=O) groups excluding carboxylic acids is 2. The molecule has 0 fully saturated rings. The SMILES string of the molecule is Cc1c(F)cc2nc3c(c4c2c1CCC4)CN/C3=C\C1=C(C=O)COC(=O)C1C. The third kappa shape index (κ3) is 2.62. The normalized spacial score (nSPS) is 22.0. The fourth-order valence-electron chi connectivity index (χ4n) is 4.76. The number of hydrogen-bond donors (Lipinski definition) is 1. The van der Waals surface area contributed by atoms with Crippen LogP contribution in [-0.4, -0.2) is 23.8 Å². The summed E-state index contributed by atoms with van der Waals surface area (Å²) < 4.78 is 19.6. The molecular weight excluding hydrogens is 371 g/mol. The molecule has 2 aliphatic heterocycles. The molecule has 1 N–H and O–H groups in total. The number of cyclic esters (lactones) is 1. The number of aldehydes is 1. The number of aromatic nitrogens is 1. The summed E-state index contributed by atoms with van der Waals surface area (Å²) in [5.41, 5.74) is 7.51. The molecule has 1 aliphatic carbocycles. The van der Waals surface area contributed by atoms with Crippen LogP contribution in [0.2, 0.25) is 0 Å². The average Bonchev–Trinajstić information content (AvgIpc) is 3.12. The van der Waals surface area contributed by atoms with Gasteiger partial charge in [-0.05, 0) is 61.4 Å². The van der Waals surface area contributed by atoms with E-state index in [0.717, 1.165) is 59.0 Å². The molecule has 6 heteroatoms. The molecule has 1 aromatic carbocycles. The van der Waals surface area contributed by atoms with E-state index in [4.69, 9.17) is 9.72 Å². The number of esters is 1. The zero-order chi connectivity index (χ0) is 20.3. The van der Waals surface area contributed by atoms with Crippen LogP contribution in [0.3, 0.4) is 0 Å². The van der Waals surface area contributed by atoms with Crippen molar-refractivity contribution in [3.05, 3.63) is 57.1 Å². The van der Waals surface area contributed by atoms with E-state index in [1.54, 1.807) is 6.92 Å². The lowest BCUT2D eigenvalue weighted by atomic mass is 9.85. The first-order valence-electron chi connectivity index (χ1n) is 9.93. The predicted octanol–water partition coefficient (Wildman–Crippen LogP) is 3.30. The molecule has 148 valence electrons. The van der Waals surface area contributed by atoms with E-state index in [-0.39, 0.29) is 18.4 Å². The van der Waals surface area contributed by atoms with Crippen LogP contribution < -0.4 is 5.32 Å². The molecule has 0 saturated heterocycles. The first kappa shape index (κ1) is 18.0. The van der Waals surface area contributed by atoms with Crippen LogP contribution in [-0.2, 0) is 33.7 Å². The molecule has 0 radical (unpaired) electrons. The highest BCUT2D eigenvalue weighted by Crippen LogP contribution is 2.39. The monoisotopic (exact) mass is 392 g/mol. The maximum absolute atomic E-state index is 14.5. The first-order valence-corrected chi connectivity index (χ1v) is 9.93. The molecule has 5 nitrogen and oxygen atoms in total. The number of aryl methyl sites for hydroxylation is 2. The van der Waals surface area contributed by atoms with Crippen molar-refractivity contribution < 1.29 is 18.7 Å². The maximum Gasteiger partial charge on any atom is 0.313 e. The fraction of sp³-hybridized carbons (Fsp3) is 0.348. The number of hydrogen-bond acceptors (Lipinski definition) is 5. The second-order valence-electron chi connectivity index (χ2n) is 7.97. The Hall–Kier alpha value is -3.02. The van der Waals surface area contributed by atoms with Gasteiger partial charge in [-0.15, -0.1) is 0 Å². The average molecular weight is 392 g/mol. The summed E-state index contributed by atoms with van der Waals surface area (Å²) in [6.45, 7) is 4.20. The number of halogens is 1. The van der Waals surface area contributed by atoms with Gasteiger partial charge in [-0.25, -0.2) is 9.37 Å². The van der Waals surface area contributed by atoms with Gasteiger partial charge in [0, 0.05) is 29.1 Å². The van der Waals surface area contributed by atoms with Gasteiger partial charge in [0.15, 0.2) is 0 Å². The summed E-state index contributed by atoms with van der Waals surface area (Å²) >= 11 is 0. The number of allylic oxidation sites excluding steroid dienone is 1. The van der Waals surface area contributed by atoms with Crippen LogP contribution in [0.1, 0.15) is 41.3 Å².